The molecule has 0 radical (unpaired) electrons. The van der Waals surface area contributed by atoms with Crippen molar-refractivity contribution >= 4 is 23.4 Å². The highest BCUT2D eigenvalue weighted by molar-refractivity contribution is 5.93. The van der Waals surface area contributed by atoms with Crippen LogP contribution in [-0.2, 0) is 9.53 Å². The molecule has 3 N–H and O–H groups in total. The van der Waals surface area contributed by atoms with E-state index in [4.69, 9.17) is 4.74 Å². The van der Waals surface area contributed by atoms with Gasteiger partial charge in [0.05, 0.1) is 12.5 Å². The summed E-state index contributed by atoms with van der Waals surface area (Å²) in [5, 5.41) is 8.71. The lowest BCUT2D eigenvalue weighted by Gasteiger charge is -2.14. The predicted octanol–water partition coefficient (Wildman–Crippen LogP) is 2.05. The van der Waals surface area contributed by atoms with Gasteiger partial charge in [0.1, 0.15) is 0 Å². The van der Waals surface area contributed by atoms with Crippen molar-refractivity contribution in [2.75, 3.05) is 30.3 Å². The van der Waals surface area contributed by atoms with Crippen molar-refractivity contribution in [1.82, 2.24) is 5.32 Å². The van der Waals surface area contributed by atoms with Crippen LogP contribution >= 0.6 is 0 Å². The van der Waals surface area contributed by atoms with Crippen LogP contribution in [0.2, 0.25) is 0 Å². The maximum Gasteiger partial charge on any atom is 0.411 e. The van der Waals surface area contributed by atoms with Crippen LogP contribution in [0.15, 0.2) is 24.3 Å². The lowest BCUT2D eigenvalue weighted by atomic mass is 9.97. The molecule has 0 saturated carbocycles. The van der Waals surface area contributed by atoms with E-state index < -0.39 is 6.09 Å². The molecule has 0 bridgehead atoms. The molecule has 0 spiro atoms. The highest BCUT2D eigenvalue weighted by atomic mass is 16.5. The molecule has 1 aliphatic heterocycles. The summed E-state index contributed by atoms with van der Waals surface area (Å²) >= 11 is 0. The van der Waals surface area contributed by atoms with Gasteiger partial charge in [-0.05, 0) is 43.7 Å². The lowest BCUT2D eigenvalue weighted by molar-refractivity contribution is -0.120. The third-order valence-corrected chi connectivity index (χ3v) is 3.53. The minimum absolute atomic E-state index is 0.00216. The fraction of sp³-hybridized carbons (Fsp3) is 0.467. The van der Waals surface area contributed by atoms with Crippen molar-refractivity contribution < 1.29 is 14.3 Å². The van der Waals surface area contributed by atoms with E-state index in [0.29, 0.717) is 23.9 Å². The average Bonchev–Trinajstić information content (AvgIpc) is 2.87. The van der Waals surface area contributed by atoms with Crippen LogP contribution < -0.4 is 16.0 Å². The van der Waals surface area contributed by atoms with E-state index in [1.54, 1.807) is 31.2 Å². The number of benzene rings is 1. The first-order chi connectivity index (χ1) is 10.1. The summed E-state index contributed by atoms with van der Waals surface area (Å²) in [4.78, 5) is 23.4. The summed E-state index contributed by atoms with van der Waals surface area (Å²) < 4.78 is 4.79. The molecule has 1 fully saturated rings. The predicted molar refractivity (Wildman–Crippen MR) is 81.2 cm³/mol. The number of hydrogen-bond acceptors (Lipinski definition) is 4. The molecule has 1 heterocycles. The van der Waals surface area contributed by atoms with Crippen molar-refractivity contribution in [3.8, 4) is 0 Å². The molecular weight excluding hydrogens is 270 g/mol. The average molecular weight is 291 g/mol. The smallest absolute Gasteiger partial charge is 0.411 e. The minimum Gasteiger partial charge on any atom is -0.450 e. The minimum atomic E-state index is -0.486. The quantitative estimate of drug-likeness (QED) is 0.793. The summed E-state index contributed by atoms with van der Waals surface area (Å²) in [6.45, 7) is 5.73. The first kappa shape index (κ1) is 15.3. The zero-order chi connectivity index (χ0) is 15.2. The largest absolute Gasteiger partial charge is 0.450 e. The van der Waals surface area contributed by atoms with Gasteiger partial charge in [-0.2, -0.15) is 0 Å². The molecule has 1 aromatic rings. The van der Waals surface area contributed by atoms with E-state index in [1.807, 2.05) is 0 Å². The molecule has 0 aliphatic carbocycles. The van der Waals surface area contributed by atoms with Gasteiger partial charge in [-0.15, -0.1) is 0 Å². The molecule has 2 unspecified atom stereocenters. The Kier molecular flexibility index (Phi) is 5.16. The third kappa shape index (κ3) is 4.19. The van der Waals surface area contributed by atoms with E-state index in [2.05, 4.69) is 22.9 Å². The highest BCUT2D eigenvalue weighted by Gasteiger charge is 2.29. The van der Waals surface area contributed by atoms with E-state index in [9.17, 15) is 9.59 Å². The Morgan fingerprint density at radius 1 is 1.19 bits per heavy atom. The Labute approximate surface area is 124 Å². The molecule has 6 heteroatoms. The van der Waals surface area contributed by atoms with Crippen molar-refractivity contribution in [1.29, 1.82) is 0 Å². The van der Waals surface area contributed by atoms with Crippen LogP contribution in [-0.4, -0.2) is 31.7 Å². The first-order valence-electron chi connectivity index (χ1n) is 7.15. The topological polar surface area (TPSA) is 79.5 Å². The summed E-state index contributed by atoms with van der Waals surface area (Å²) in [7, 11) is 0. The SMILES string of the molecule is CCOC(=O)Nc1ccc(NC(=O)C2CNCC2C)cc1. The molecule has 6 nitrogen and oxygen atoms in total. The summed E-state index contributed by atoms with van der Waals surface area (Å²) in [6, 6.07) is 6.96. The number of rotatable bonds is 4. The molecule has 1 saturated heterocycles. The van der Waals surface area contributed by atoms with Crippen LogP contribution in [0, 0.1) is 11.8 Å². The number of carbonyl (C=O) groups excluding carboxylic acids is 2. The number of anilines is 2. The van der Waals surface area contributed by atoms with Crippen LogP contribution in [0.25, 0.3) is 0 Å². The maximum absolute atomic E-state index is 12.1. The number of carbonyl (C=O) groups is 2. The highest BCUT2D eigenvalue weighted by Crippen LogP contribution is 2.19. The van der Waals surface area contributed by atoms with Crippen LogP contribution in [0.3, 0.4) is 0 Å². The first-order valence-corrected chi connectivity index (χ1v) is 7.15. The second-order valence-corrected chi connectivity index (χ2v) is 5.15. The van der Waals surface area contributed by atoms with Gasteiger partial charge in [-0.3, -0.25) is 10.1 Å². The van der Waals surface area contributed by atoms with Gasteiger partial charge in [0.15, 0.2) is 0 Å². The van der Waals surface area contributed by atoms with Crippen LogP contribution in [0.5, 0.6) is 0 Å². The third-order valence-electron chi connectivity index (χ3n) is 3.53. The molecule has 21 heavy (non-hydrogen) atoms. The maximum atomic E-state index is 12.1. The van der Waals surface area contributed by atoms with Crippen LogP contribution in [0.1, 0.15) is 13.8 Å². The molecule has 1 aromatic carbocycles. The van der Waals surface area contributed by atoms with E-state index in [-0.39, 0.29) is 11.8 Å². The Bertz CT molecular complexity index is 501. The fourth-order valence-electron chi connectivity index (χ4n) is 2.32. The number of nitrogens with one attached hydrogen (secondary N) is 3. The van der Waals surface area contributed by atoms with E-state index in [1.165, 1.54) is 0 Å². The molecule has 114 valence electrons. The zero-order valence-corrected chi connectivity index (χ0v) is 12.3. The molecule has 2 rings (SSSR count). The van der Waals surface area contributed by atoms with Crippen molar-refractivity contribution in [3.05, 3.63) is 24.3 Å². The monoisotopic (exact) mass is 291 g/mol. The standard InChI is InChI=1S/C15H21N3O3/c1-3-21-15(20)18-12-6-4-11(5-7-12)17-14(19)13-9-16-8-10(13)2/h4-7,10,13,16H,3,8-9H2,1-2H3,(H,17,19)(H,18,20). The molecule has 1 aliphatic rings. The number of ether oxygens (including phenoxy) is 1. The number of amides is 2. The summed E-state index contributed by atoms with van der Waals surface area (Å²) in [5.41, 5.74) is 1.34. The van der Waals surface area contributed by atoms with Gasteiger partial charge in [-0.1, -0.05) is 6.92 Å². The fourth-order valence-corrected chi connectivity index (χ4v) is 2.32. The van der Waals surface area contributed by atoms with Gasteiger partial charge < -0.3 is 15.4 Å². The number of hydrogen-bond donors (Lipinski definition) is 3. The molecule has 2 amide bonds. The Balaban J connectivity index is 1.90. The lowest BCUT2D eigenvalue weighted by Crippen LogP contribution is -2.27. The summed E-state index contributed by atoms with van der Waals surface area (Å²) in [6.07, 6.45) is -0.486. The second-order valence-electron chi connectivity index (χ2n) is 5.15. The summed E-state index contributed by atoms with van der Waals surface area (Å²) in [5.74, 6) is 0.371. The van der Waals surface area contributed by atoms with E-state index >= 15 is 0 Å². The molecular formula is C15H21N3O3. The molecule has 0 aromatic heterocycles. The van der Waals surface area contributed by atoms with Crippen molar-refractivity contribution in [2.45, 2.75) is 13.8 Å². The van der Waals surface area contributed by atoms with Gasteiger partial charge in [0.25, 0.3) is 0 Å². The Hall–Kier alpha value is -2.08. The van der Waals surface area contributed by atoms with E-state index in [0.717, 1.165) is 13.1 Å². The Morgan fingerprint density at radius 3 is 2.33 bits per heavy atom. The normalized spacial score (nSPS) is 20.9. The van der Waals surface area contributed by atoms with Gasteiger partial charge in [0, 0.05) is 17.9 Å². The van der Waals surface area contributed by atoms with Crippen molar-refractivity contribution in [3.63, 3.8) is 0 Å². The van der Waals surface area contributed by atoms with Crippen LogP contribution in [0.4, 0.5) is 16.2 Å². The zero-order valence-electron chi connectivity index (χ0n) is 12.3. The van der Waals surface area contributed by atoms with Gasteiger partial charge in [-0.25, -0.2) is 4.79 Å². The molecule has 2 atom stereocenters. The van der Waals surface area contributed by atoms with Gasteiger partial charge >= 0.3 is 6.09 Å². The van der Waals surface area contributed by atoms with Crippen molar-refractivity contribution in [2.24, 2.45) is 11.8 Å². The second kappa shape index (κ2) is 7.08. The van der Waals surface area contributed by atoms with Gasteiger partial charge in [0.2, 0.25) is 5.91 Å². The Morgan fingerprint density at radius 2 is 1.81 bits per heavy atom.